The molecule has 35 heavy (non-hydrogen) atoms. The van der Waals surface area contributed by atoms with Crippen LogP contribution in [0.2, 0.25) is 0 Å². The lowest BCUT2D eigenvalue weighted by molar-refractivity contribution is -0.149. The van der Waals surface area contributed by atoms with Gasteiger partial charge in [-0.15, -0.1) is 22.9 Å². The van der Waals surface area contributed by atoms with E-state index in [0.717, 1.165) is 12.9 Å². The highest BCUT2D eigenvalue weighted by atomic mass is 35.5. The van der Waals surface area contributed by atoms with Crippen molar-refractivity contribution in [3.8, 4) is 0 Å². The van der Waals surface area contributed by atoms with Crippen LogP contribution in [0.4, 0.5) is 0 Å². The molecule has 1 N–H and O–H groups in total. The maximum Gasteiger partial charge on any atom is 0.337 e. The number of nitrogens with one attached hydrogen (secondary N) is 1. The molecule has 0 spiro atoms. The van der Waals surface area contributed by atoms with E-state index in [1.807, 2.05) is 0 Å². The Morgan fingerprint density at radius 1 is 1.43 bits per heavy atom. The molecule has 1 unspecified atom stereocenters. The number of nitrogens with zero attached hydrogens (tertiary/aromatic N) is 3. The van der Waals surface area contributed by atoms with Crippen LogP contribution in [0, 0.1) is 6.92 Å². The first-order valence-corrected chi connectivity index (χ1v) is 13.1. The molecule has 17 heteroatoms. The number of hydrogen-bond donors (Lipinski definition) is 1. The zero-order valence-electron chi connectivity index (χ0n) is 19.2. The second-order valence-corrected chi connectivity index (χ2v) is 10.2. The van der Waals surface area contributed by atoms with Crippen molar-refractivity contribution in [3.05, 3.63) is 27.4 Å². The second-order valence-electron chi connectivity index (χ2n) is 7.37. The Morgan fingerprint density at radius 3 is 2.69 bits per heavy atom. The molecule has 1 fully saturated rings. The molecule has 0 saturated carbocycles. The highest BCUT2D eigenvalue weighted by molar-refractivity contribution is 7.92. The SMILES string of the molecule is BOC(=O)C1=C(CCl)C[S+]([O-])[C@@H]2[C@H](NC(=O)/C(=N\O[C@@H](CC)C(=O)OB)c3csc(C)n3)C(=O)N12. The van der Waals surface area contributed by atoms with Gasteiger partial charge in [-0.3, -0.25) is 14.5 Å². The van der Waals surface area contributed by atoms with Crippen molar-refractivity contribution in [2.45, 2.75) is 37.8 Å². The van der Waals surface area contributed by atoms with E-state index in [9.17, 15) is 23.7 Å². The van der Waals surface area contributed by atoms with Gasteiger partial charge in [-0.2, -0.15) is 0 Å². The van der Waals surface area contributed by atoms with Crippen LogP contribution in [-0.4, -0.2) is 89.2 Å². The van der Waals surface area contributed by atoms with Crippen molar-refractivity contribution in [2.24, 2.45) is 5.16 Å². The van der Waals surface area contributed by atoms with Crippen molar-refractivity contribution in [2.75, 3.05) is 11.6 Å². The Labute approximate surface area is 214 Å². The number of fused-ring (bicyclic) bond motifs is 1. The smallest absolute Gasteiger partial charge is 0.337 e. The number of hydrogen-bond acceptors (Lipinski definition) is 11. The van der Waals surface area contributed by atoms with E-state index in [1.54, 1.807) is 19.2 Å². The van der Waals surface area contributed by atoms with E-state index in [1.165, 1.54) is 19.4 Å². The Hall–Kier alpha value is -2.55. The molecule has 2 aliphatic rings. The summed E-state index contributed by atoms with van der Waals surface area (Å²) in [5, 5.41) is 7.55. The predicted molar refractivity (Wildman–Crippen MR) is 131 cm³/mol. The fourth-order valence-corrected chi connectivity index (χ4v) is 6.08. The highest BCUT2D eigenvalue weighted by Crippen LogP contribution is 2.37. The molecule has 0 aromatic carbocycles. The number of carbonyl (C=O) groups excluding carboxylic acids is 4. The molecule has 0 radical (unpaired) electrons. The molecule has 186 valence electrons. The van der Waals surface area contributed by atoms with Crippen LogP contribution in [0.25, 0.3) is 0 Å². The maximum atomic E-state index is 13.1. The predicted octanol–water partition coefficient (Wildman–Crippen LogP) is -1.96. The quantitative estimate of drug-likeness (QED) is 0.0934. The first kappa shape index (κ1) is 27.0. The molecule has 0 bridgehead atoms. The number of aryl methyl sites for hydroxylation is 1. The number of rotatable bonds is 9. The normalized spacial score (nSPS) is 22.6. The van der Waals surface area contributed by atoms with Crippen LogP contribution < -0.4 is 5.32 Å². The van der Waals surface area contributed by atoms with Gasteiger partial charge in [0, 0.05) is 11.0 Å². The van der Waals surface area contributed by atoms with Gasteiger partial charge in [0.1, 0.15) is 17.1 Å². The summed E-state index contributed by atoms with van der Waals surface area (Å²) in [5.41, 5.74) is 0.125. The van der Waals surface area contributed by atoms with Crippen molar-refractivity contribution in [1.82, 2.24) is 15.2 Å². The molecular formula is C18H21B2ClN4O8S2. The lowest BCUT2D eigenvalue weighted by Crippen LogP contribution is -2.75. The third kappa shape index (κ3) is 5.34. The third-order valence-corrected chi connectivity index (χ3v) is 7.96. The minimum atomic E-state index is -1.64. The van der Waals surface area contributed by atoms with E-state index in [0.29, 0.717) is 10.6 Å². The van der Waals surface area contributed by atoms with Crippen molar-refractivity contribution >= 4 is 79.7 Å². The number of carbonyl (C=O) groups is 4. The molecular weight excluding hydrogens is 521 g/mol. The van der Waals surface area contributed by atoms with Crippen LogP contribution in [0.3, 0.4) is 0 Å². The summed E-state index contributed by atoms with van der Waals surface area (Å²) >= 11 is 5.50. The number of β-lactam (4-membered cyclic amide) rings is 1. The number of alkyl halides is 1. The summed E-state index contributed by atoms with van der Waals surface area (Å²) in [7, 11) is 2.35. The molecule has 12 nitrogen and oxygen atoms in total. The molecule has 2 amide bonds. The van der Waals surface area contributed by atoms with E-state index in [4.69, 9.17) is 21.1 Å². The Balaban J connectivity index is 1.86. The van der Waals surface area contributed by atoms with Gasteiger partial charge >= 0.3 is 28.0 Å². The lowest BCUT2D eigenvalue weighted by Gasteiger charge is -2.49. The molecule has 2 aliphatic heterocycles. The number of aromatic nitrogens is 1. The summed E-state index contributed by atoms with van der Waals surface area (Å²) in [5.74, 6) is -3.12. The van der Waals surface area contributed by atoms with Crippen molar-refractivity contribution in [3.63, 3.8) is 0 Å². The first-order chi connectivity index (χ1) is 16.7. The summed E-state index contributed by atoms with van der Waals surface area (Å²) in [6.45, 7) is 3.40. The van der Waals surface area contributed by atoms with Gasteiger partial charge in [-0.25, -0.2) is 14.6 Å². The molecule has 3 rings (SSSR count). The van der Waals surface area contributed by atoms with Crippen LogP contribution in [0.1, 0.15) is 24.0 Å². The van der Waals surface area contributed by atoms with Gasteiger partial charge in [0.15, 0.2) is 11.8 Å². The number of amides is 2. The van der Waals surface area contributed by atoms with Crippen LogP contribution in [-0.2, 0) is 44.5 Å². The monoisotopic (exact) mass is 542 g/mol. The third-order valence-electron chi connectivity index (χ3n) is 5.21. The topological polar surface area (TPSA) is 160 Å². The zero-order valence-corrected chi connectivity index (χ0v) is 21.6. The largest absolute Gasteiger partial charge is 0.614 e. The van der Waals surface area contributed by atoms with Gasteiger partial charge in [-0.05, 0) is 24.5 Å². The molecule has 4 atom stereocenters. The van der Waals surface area contributed by atoms with Gasteiger partial charge in [0.25, 0.3) is 11.8 Å². The summed E-state index contributed by atoms with van der Waals surface area (Å²) < 4.78 is 22.2. The van der Waals surface area contributed by atoms with Crippen LogP contribution >= 0.6 is 22.9 Å². The van der Waals surface area contributed by atoms with E-state index >= 15 is 0 Å². The maximum absolute atomic E-state index is 13.1. The first-order valence-electron chi connectivity index (χ1n) is 10.3. The average Bonchev–Trinajstić information content (AvgIpc) is 3.28. The molecule has 0 aliphatic carbocycles. The molecule has 1 aromatic rings. The number of oxime groups is 1. The fraction of sp³-hybridized carbons (Fsp3) is 0.444. The van der Waals surface area contributed by atoms with Crippen molar-refractivity contribution in [1.29, 1.82) is 0 Å². The fourth-order valence-electron chi connectivity index (χ4n) is 3.46. The second kappa shape index (κ2) is 11.5. The summed E-state index contributed by atoms with van der Waals surface area (Å²) in [6, 6.07) is -1.20. The lowest BCUT2D eigenvalue weighted by atomic mass is 10.0. The Kier molecular flexibility index (Phi) is 8.85. The van der Waals surface area contributed by atoms with Crippen LogP contribution in [0.5, 0.6) is 0 Å². The average molecular weight is 543 g/mol. The van der Waals surface area contributed by atoms with E-state index in [2.05, 4.69) is 20.1 Å². The van der Waals surface area contributed by atoms with E-state index < -0.39 is 52.4 Å². The summed E-state index contributed by atoms with van der Waals surface area (Å²) in [4.78, 5) is 60.7. The van der Waals surface area contributed by atoms with Gasteiger partial charge < -0.3 is 24.0 Å². The highest BCUT2D eigenvalue weighted by Gasteiger charge is 2.61. The van der Waals surface area contributed by atoms with Gasteiger partial charge in [0.2, 0.25) is 11.5 Å². The molecule has 3 heterocycles. The Bertz CT molecular complexity index is 1100. The number of halogens is 1. The van der Waals surface area contributed by atoms with Gasteiger partial charge in [-0.1, -0.05) is 12.1 Å². The number of thiazole rings is 1. The minimum absolute atomic E-state index is 0.0542. The van der Waals surface area contributed by atoms with Crippen LogP contribution in [0.15, 0.2) is 21.8 Å². The minimum Gasteiger partial charge on any atom is -0.614 e. The molecule has 1 aromatic heterocycles. The van der Waals surface area contributed by atoms with Crippen molar-refractivity contribution < 1.29 is 37.9 Å². The van der Waals surface area contributed by atoms with Gasteiger partial charge in [0.05, 0.1) is 10.9 Å². The van der Waals surface area contributed by atoms with E-state index in [-0.39, 0.29) is 35.2 Å². The Morgan fingerprint density at radius 2 is 2.14 bits per heavy atom. The molecule has 1 saturated heterocycles. The zero-order chi connectivity index (χ0) is 25.9. The standard InChI is InChI=1S/C18H21B2ClN4O8S2/c1-3-10(17(28)31-19)33-24-11(9-5-34-7(2)22-9)14(26)23-12-15(27)25-13(18(29)32-20)8(4-21)6-35(30)16(12)25/h5,10,12,16H,3-4,6,19-20H2,1-2H3,(H,23,26)/b24-11-/t10-,12+,16+,35?/m0/s1. The summed E-state index contributed by atoms with van der Waals surface area (Å²) in [6.07, 6.45) is -0.833.